The highest BCUT2D eigenvalue weighted by atomic mass is 32.2. The first-order valence-electron chi connectivity index (χ1n) is 7.98. The van der Waals surface area contributed by atoms with E-state index in [-0.39, 0.29) is 24.6 Å². The van der Waals surface area contributed by atoms with E-state index < -0.39 is 23.3 Å². The van der Waals surface area contributed by atoms with Gasteiger partial charge in [-0.2, -0.15) is 0 Å². The van der Waals surface area contributed by atoms with Gasteiger partial charge in [0.2, 0.25) is 11.8 Å². The lowest BCUT2D eigenvalue weighted by Gasteiger charge is -2.10. The molecule has 0 saturated carbocycles. The average molecular weight is 413 g/mol. The molecule has 2 amide bonds. The Morgan fingerprint density at radius 1 is 1.29 bits per heavy atom. The summed E-state index contributed by atoms with van der Waals surface area (Å²) in [6, 6.07) is 8.19. The fourth-order valence-electron chi connectivity index (χ4n) is 2.29. The average Bonchev–Trinajstić information content (AvgIpc) is 3.24. The molecule has 2 aromatic rings. The Labute approximate surface area is 161 Å². The van der Waals surface area contributed by atoms with Crippen molar-refractivity contribution in [1.29, 1.82) is 0 Å². The summed E-state index contributed by atoms with van der Waals surface area (Å²) in [5, 5.41) is 4.87. The Bertz CT molecular complexity index is 867. The van der Waals surface area contributed by atoms with Gasteiger partial charge in [0.1, 0.15) is 16.8 Å². The Balaban J connectivity index is 1.50. The Morgan fingerprint density at radius 2 is 2.04 bits per heavy atom. The molecule has 1 saturated heterocycles. The number of nitrogens with zero attached hydrogens (tertiary/aromatic N) is 1. The van der Waals surface area contributed by atoms with Crippen LogP contribution in [0, 0.1) is 0 Å². The Hall–Kier alpha value is -2.95. The summed E-state index contributed by atoms with van der Waals surface area (Å²) in [7, 11) is 0. The summed E-state index contributed by atoms with van der Waals surface area (Å²) in [6.45, 7) is 0.265. The second kappa shape index (κ2) is 8.38. The summed E-state index contributed by atoms with van der Waals surface area (Å²) in [4.78, 5) is 28.3. The minimum atomic E-state index is -4.78. The molecule has 1 aromatic carbocycles. The number of carbonyl (C=O) groups excluding carboxylic acids is 2. The van der Waals surface area contributed by atoms with E-state index in [4.69, 9.17) is 4.42 Å². The van der Waals surface area contributed by atoms with Crippen molar-refractivity contribution >= 4 is 34.4 Å². The molecule has 148 valence electrons. The molecule has 0 radical (unpaired) electrons. The van der Waals surface area contributed by atoms with Crippen molar-refractivity contribution in [3.05, 3.63) is 48.4 Å². The van der Waals surface area contributed by atoms with Crippen LogP contribution < -0.4 is 15.4 Å². The zero-order chi connectivity index (χ0) is 20.1. The molecule has 0 aliphatic carbocycles. The second-order valence-corrected chi connectivity index (χ2v) is 6.81. The number of furan rings is 1. The van der Waals surface area contributed by atoms with Crippen LogP contribution in [0.1, 0.15) is 12.2 Å². The topological polar surface area (TPSA) is 92.9 Å². The number of hydrogen-bond acceptors (Lipinski definition) is 6. The van der Waals surface area contributed by atoms with Crippen molar-refractivity contribution in [2.24, 2.45) is 4.99 Å². The molecule has 2 heterocycles. The number of ether oxygens (including phenoxy) is 1. The number of amides is 2. The molecule has 7 nitrogen and oxygen atoms in total. The van der Waals surface area contributed by atoms with E-state index in [1.807, 2.05) is 0 Å². The number of nitrogens with one attached hydrogen (secondary N) is 2. The molecule has 1 atom stereocenters. The smallest absolute Gasteiger partial charge is 0.467 e. The highest BCUT2D eigenvalue weighted by Crippen LogP contribution is 2.25. The first kappa shape index (κ1) is 19.8. The van der Waals surface area contributed by atoms with Gasteiger partial charge in [0.25, 0.3) is 0 Å². The largest absolute Gasteiger partial charge is 0.573 e. The number of anilines is 1. The minimum Gasteiger partial charge on any atom is -0.467 e. The molecule has 0 bridgehead atoms. The third-order valence-electron chi connectivity index (χ3n) is 3.48. The summed E-state index contributed by atoms with van der Waals surface area (Å²) >= 11 is 1.13. The van der Waals surface area contributed by atoms with Gasteiger partial charge in [0.15, 0.2) is 5.17 Å². The maximum Gasteiger partial charge on any atom is 0.573 e. The normalized spacial score (nSPS) is 18.2. The summed E-state index contributed by atoms with van der Waals surface area (Å²) in [5.41, 5.74) is 0.287. The van der Waals surface area contributed by atoms with E-state index >= 15 is 0 Å². The Kier molecular flexibility index (Phi) is 5.93. The quantitative estimate of drug-likeness (QED) is 0.758. The molecular weight excluding hydrogens is 399 g/mol. The van der Waals surface area contributed by atoms with E-state index in [2.05, 4.69) is 20.4 Å². The second-order valence-electron chi connectivity index (χ2n) is 5.62. The van der Waals surface area contributed by atoms with Crippen LogP contribution in [0.25, 0.3) is 0 Å². The number of thioether (sulfide) groups is 1. The van der Waals surface area contributed by atoms with Crippen molar-refractivity contribution in [3.8, 4) is 5.75 Å². The third kappa shape index (κ3) is 5.78. The summed E-state index contributed by atoms with van der Waals surface area (Å²) in [6.07, 6.45) is -3.38. The van der Waals surface area contributed by atoms with E-state index in [1.165, 1.54) is 18.4 Å². The van der Waals surface area contributed by atoms with Crippen LogP contribution in [-0.4, -0.2) is 28.6 Å². The van der Waals surface area contributed by atoms with Gasteiger partial charge in [-0.15, -0.1) is 13.2 Å². The SMILES string of the molecule is O=C(CC1SC(=NCc2ccco2)NC1=O)Nc1ccc(OC(F)(F)F)cc1. The van der Waals surface area contributed by atoms with Crippen LogP contribution in [0.15, 0.2) is 52.1 Å². The fourth-order valence-corrected chi connectivity index (χ4v) is 3.26. The number of benzene rings is 1. The van der Waals surface area contributed by atoms with Crippen molar-refractivity contribution in [3.63, 3.8) is 0 Å². The predicted octanol–water partition coefficient (Wildman–Crippen LogP) is 3.29. The first-order chi connectivity index (χ1) is 13.3. The van der Waals surface area contributed by atoms with Crippen molar-refractivity contribution in [1.82, 2.24) is 5.32 Å². The molecule has 1 aliphatic heterocycles. The third-order valence-corrected chi connectivity index (χ3v) is 4.60. The minimum absolute atomic E-state index is 0.114. The van der Waals surface area contributed by atoms with E-state index in [9.17, 15) is 22.8 Å². The van der Waals surface area contributed by atoms with Crippen LogP contribution >= 0.6 is 11.8 Å². The summed E-state index contributed by atoms with van der Waals surface area (Å²) < 4.78 is 45.3. The molecular formula is C17H14F3N3O4S. The number of halogens is 3. The first-order valence-corrected chi connectivity index (χ1v) is 8.86. The molecule has 11 heteroatoms. The standard InChI is InChI=1S/C17H14F3N3O4S/c18-17(19,20)27-11-5-3-10(4-6-11)22-14(24)8-13-15(25)23-16(28-13)21-9-12-2-1-7-26-12/h1-7,13H,8-9H2,(H,22,24)(H,21,23,25). The number of aliphatic imine (C=N–C) groups is 1. The van der Waals surface area contributed by atoms with E-state index in [0.717, 1.165) is 23.9 Å². The number of rotatable bonds is 6. The van der Waals surface area contributed by atoms with Gasteiger partial charge in [-0.25, -0.2) is 0 Å². The summed E-state index contributed by atoms with van der Waals surface area (Å²) in [5.74, 6) is -0.549. The van der Waals surface area contributed by atoms with Gasteiger partial charge < -0.3 is 19.8 Å². The lowest BCUT2D eigenvalue weighted by molar-refractivity contribution is -0.274. The van der Waals surface area contributed by atoms with Crippen molar-refractivity contribution < 1.29 is 31.9 Å². The number of hydrogen-bond donors (Lipinski definition) is 2. The highest BCUT2D eigenvalue weighted by molar-refractivity contribution is 8.15. The fraction of sp³-hybridized carbons (Fsp3) is 0.235. The number of amidine groups is 1. The van der Waals surface area contributed by atoms with Crippen LogP contribution in [-0.2, 0) is 16.1 Å². The zero-order valence-electron chi connectivity index (χ0n) is 14.2. The van der Waals surface area contributed by atoms with E-state index in [1.54, 1.807) is 12.1 Å². The van der Waals surface area contributed by atoms with Gasteiger partial charge in [-0.1, -0.05) is 11.8 Å². The van der Waals surface area contributed by atoms with Crippen LogP contribution in [0.4, 0.5) is 18.9 Å². The van der Waals surface area contributed by atoms with Crippen molar-refractivity contribution in [2.45, 2.75) is 24.6 Å². The molecule has 3 rings (SSSR count). The lowest BCUT2D eigenvalue weighted by Crippen LogP contribution is -2.28. The van der Waals surface area contributed by atoms with E-state index in [0.29, 0.717) is 10.9 Å². The monoisotopic (exact) mass is 413 g/mol. The molecule has 0 spiro atoms. The number of alkyl halides is 3. The zero-order valence-corrected chi connectivity index (χ0v) is 15.0. The lowest BCUT2D eigenvalue weighted by atomic mass is 10.2. The molecule has 28 heavy (non-hydrogen) atoms. The predicted molar refractivity (Wildman–Crippen MR) is 95.7 cm³/mol. The van der Waals surface area contributed by atoms with Crippen LogP contribution in [0.2, 0.25) is 0 Å². The molecule has 1 unspecified atom stereocenters. The Morgan fingerprint density at radius 3 is 2.68 bits per heavy atom. The van der Waals surface area contributed by atoms with Gasteiger partial charge in [-0.3, -0.25) is 14.6 Å². The maximum atomic E-state index is 12.1. The molecule has 1 aliphatic rings. The maximum absolute atomic E-state index is 12.1. The van der Waals surface area contributed by atoms with Crippen LogP contribution in [0.5, 0.6) is 5.75 Å². The van der Waals surface area contributed by atoms with Gasteiger partial charge in [-0.05, 0) is 36.4 Å². The van der Waals surface area contributed by atoms with Gasteiger partial charge in [0, 0.05) is 12.1 Å². The van der Waals surface area contributed by atoms with Crippen LogP contribution in [0.3, 0.4) is 0 Å². The molecule has 1 fully saturated rings. The molecule has 2 N–H and O–H groups in total. The van der Waals surface area contributed by atoms with Gasteiger partial charge in [0.05, 0.1) is 12.8 Å². The highest BCUT2D eigenvalue weighted by Gasteiger charge is 2.32. The van der Waals surface area contributed by atoms with Gasteiger partial charge >= 0.3 is 6.36 Å². The van der Waals surface area contributed by atoms with Crippen molar-refractivity contribution in [2.75, 3.05) is 5.32 Å². The molecule has 1 aromatic heterocycles. The number of carbonyl (C=O) groups is 2.